The zero-order chi connectivity index (χ0) is 34.6. The van der Waals surface area contributed by atoms with Gasteiger partial charge in [-0.3, -0.25) is 14.4 Å². The summed E-state index contributed by atoms with van der Waals surface area (Å²) in [5, 5.41) is 49.0. The minimum atomic E-state index is -4.15. The normalized spacial score (nSPS) is 22.8. The van der Waals surface area contributed by atoms with Gasteiger partial charge in [0, 0.05) is 49.4 Å². The Morgan fingerprint density at radius 2 is 1.85 bits per heavy atom. The number of primary amides is 1. The van der Waals surface area contributed by atoms with E-state index in [0.29, 0.717) is 11.3 Å². The number of hydrogen-bond acceptors (Lipinski definition) is 13. The van der Waals surface area contributed by atoms with Gasteiger partial charge in [0.05, 0.1) is 18.1 Å². The molecule has 0 spiro atoms. The summed E-state index contributed by atoms with van der Waals surface area (Å²) in [4.78, 5) is 43.0. The number of sulfonamides is 1. The fourth-order valence-electron chi connectivity index (χ4n) is 6.71. The van der Waals surface area contributed by atoms with Crippen molar-refractivity contribution in [3.05, 3.63) is 45.5 Å². The Labute approximate surface area is 266 Å². The molecule has 4 rings (SSSR count). The maximum Gasteiger partial charge on any atom is 0.246 e. The number of hydrogen-bond donors (Lipinski definition) is 6. The molecule has 252 valence electrons. The van der Waals surface area contributed by atoms with Crippen LogP contribution in [0.15, 0.2) is 26.8 Å². The third kappa shape index (κ3) is 5.57. The first kappa shape index (κ1) is 35.0. The second-order valence-electron chi connectivity index (χ2n) is 12.4. The van der Waals surface area contributed by atoms with E-state index in [2.05, 4.69) is 9.88 Å². The second-order valence-corrected chi connectivity index (χ2v) is 14.1. The van der Waals surface area contributed by atoms with Crippen LogP contribution in [0.3, 0.4) is 0 Å². The lowest BCUT2D eigenvalue weighted by Gasteiger charge is -2.48. The van der Waals surface area contributed by atoms with Crippen LogP contribution in [0.5, 0.6) is 5.75 Å². The van der Waals surface area contributed by atoms with E-state index in [-0.39, 0.29) is 45.9 Å². The number of aromatic nitrogens is 1. The number of ketones is 2. The first-order valence-corrected chi connectivity index (χ1v) is 16.1. The fourth-order valence-corrected chi connectivity index (χ4v) is 8.05. The van der Waals surface area contributed by atoms with E-state index >= 15 is 0 Å². The maximum absolute atomic E-state index is 14.3. The number of likely N-dealkylation sites (N-methyl/N-ethyl adjacent to an activating group) is 1. The lowest BCUT2D eigenvalue weighted by atomic mass is 9.60. The smallest absolute Gasteiger partial charge is 0.246 e. The molecule has 2 aliphatic rings. The van der Waals surface area contributed by atoms with Gasteiger partial charge in [-0.1, -0.05) is 5.16 Å². The van der Waals surface area contributed by atoms with Crippen LogP contribution in [-0.4, -0.2) is 103 Å². The fraction of sp³-hybridized carbons (Fsp3) is 0.533. The number of aryl methyl sites for hydroxylation is 2. The van der Waals surface area contributed by atoms with Gasteiger partial charge in [0.2, 0.25) is 15.9 Å². The number of Topliss-reactive ketones (excluding diaryl/α,β-unsaturated/α-hetero) is 2. The summed E-state index contributed by atoms with van der Waals surface area (Å²) in [7, 11) is 2.49. The van der Waals surface area contributed by atoms with Crippen molar-refractivity contribution in [3.8, 4) is 5.75 Å². The molecule has 2 aliphatic carbocycles. The highest BCUT2D eigenvalue weighted by molar-refractivity contribution is 7.89. The Morgan fingerprint density at radius 3 is 2.35 bits per heavy atom. The number of anilines is 1. The molecule has 0 aliphatic heterocycles. The van der Waals surface area contributed by atoms with Crippen LogP contribution in [0.4, 0.5) is 5.69 Å². The topological polar surface area (TPSA) is 237 Å². The third-order valence-corrected chi connectivity index (χ3v) is 10.8. The average molecular weight is 664 g/mol. The van der Waals surface area contributed by atoms with E-state index in [1.165, 1.54) is 20.8 Å². The molecule has 15 nitrogen and oxygen atoms in total. The van der Waals surface area contributed by atoms with Crippen LogP contribution in [0.25, 0.3) is 0 Å². The van der Waals surface area contributed by atoms with Crippen LogP contribution in [-0.2, 0) is 32.6 Å². The van der Waals surface area contributed by atoms with Crippen molar-refractivity contribution in [1.29, 1.82) is 0 Å². The van der Waals surface area contributed by atoms with Crippen molar-refractivity contribution < 1.29 is 47.8 Å². The molecule has 1 unspecified atom stereocenters. The molecule has 16 heteroatoms. The Morgan fingerprint density at radius 1 is 1.22 bits per heavy atom. The average Bonchev–Trinajstić information content (AvgIpc) is 3.32. The molecule has 5 atom stereocenters. The minimum Gasteiger partial charge on any atom is -0.508 e. The van der Waals surface area contributed by atoms with Gasteiger partial charge in [0.1, 0.15) is 22.1 Å². The first-order chi connectivity index (χ1) is 21.3. The van der Waals surface area contributed by atoms with Gasteiger partial charge in [-0.25, -0.2) is 13.1 Å². The Kier molecular flexibility index (Phi) is 9.45. The zero-order valence-corrected chi connectivity index (χ0v) is 27.6. The van der Waals surface area contributed by atoms with Crippen molar-refractivity contribution in [2.75, 3.05) is 39.7 Å². The molecule has 1 amide bonds. The van der Waals surface area contributed by atoms with Crippen LogP contribution in [0.1, 0.15) is 46.3 Å². The largest absolute Gasteiger partial charge is 0.508 e. The number of aliphatic hydroxyl groups excluding tert-OH is 2. The van der Waals surface area contributed by atoms with Crippen LogP contribution in [0, 0.1) is 31.6 Å². The number of phenolic OH excluding ortho intramolecular Hbond substituents is 1. The number of nitrogens with zero attached hydrogens (tertiary/aromatic N) is 3. The van der Waals surface area contributed by atoms with Crippen molar-refractivity contribution in [3.63, 3.8) is 0 Å². The van der Waals surface area contributed by atoms with Gasteiger partial charge in [-0.05, 0) is 65.3 Å². The van der Waals surface area contributed by atoms with E-state index in [9.17, 15) is 43.2 Å². The number of aromatic hydroxyl groups is 1. The number of carbonyl (C=O) groups is 3. The molecule has 1 heterocycles. The molecule has 46 heavy (non-hydrogen) atoms. The highest BCUT2D eigenvalue weighted by Gasteiger charge is 2.59. The molecule has 0 saturated carbocycles. The number of nitrogens with two attached hydrogens (primary N) is 1. The number of carbonyl (C=O) groups excluding carboxylic acids is 3. The lowest BCUT2D eigenvalue weighted by molar-refractivity contribution is -0.155. The molecular weight excluding hydrogens is 622 g/mol. The number of rotatable bonds is 11. The van der Waals surface area contributed by atoms with E-state index in [0.717, 1.165) is 0 Å². The molecule has 0 radical (unpaired) electrons. The van der Waals surface area contributed by atoms with Crippen molar-refractivity contribution >= 4 is 33.2 Å². The van der Waals surface area contributed by atoms with Crippen LogP contribution < -0.4 is 15.4 Å². The molecule has 1 aromatic heterocycles. The highest BCUT2D eigenvalue weighted by Crippen LogP contribution is 2.51. The van der Waals surface area contributed by atoms with Gasteiger partial charge in [0.15, 0.2) is 22.9 Å². The van der Waals surface area contributed by atoms with Gasteiger partial charge < -0.3 is 40.5 Å². The number of phenols is 1. The van der Waals surface area contributed by atoms with Crippen LogP contribution in [0.2, 0.25) is 0 Å². The van der Waals surface area contributed by atoms with E-state index in [1.807, 2.05) is 0 Å². The number of nitrogens with one attached hydrogen (secondary N) is 1. The molecule has 0 bridgehead atoms. The molecule has 1 aromatic carbocycles. The number of benzene rings is 1. The van der Waals surface area contributed by atoms with E-state index in [1.54, 1.807) is 44.1 Å². The van der Waals surface area contributed by atoms with Gasteiger partial charge in [0.25, 0.3) is 0 Å². The number of fused-ring (bicyclic) bond motifs is 2. The summed E-state index contributed by atoms with van der Waals surface area (Å²) in [6.07, 6.45) is 0.0403. The van der Waals surface area contributed by atoms with Crippen molar-refractivity contribution in [1.82, 2.24) is 14.8 Å². The SMILES string of the molecule is Cc1noc(C)c1S(=O)(=O)NCc1cc(N(C)C)c2c(c1O)C(=O)C1=C(O)[C@](O)(C(=O)C(C)C(N)=O)[C@H]([C@@H](CO)N(C)C)C[C@@H]1C2. The number of aliphatic hydroxyl groups is 3. The Balaban J connectivity index is 1.89. The van der Waals surface area contributed by atoms with Crippen molar-refractivity contribution in [2.45, 2.75) is 56.7 Å². The molecule has 0 saturated heterocycles. The Bertz CT molecular complexity index is 1710. The zero-order valence-electron chi connectivity index (χ0n) is 26.8. The van der Waals surface area contributed by atoms with Gasteiger partial charge in [-0.2, -0.15) is 0 Å². The summed E-state index contributed by atoms with van der Waals surface area (Å²) < 4.78 is 33.6. The summed E-state index contributed by atoms with van der Waals surface area (Å²) in [5.41, 5.74) is 3.15. The first-order valence-electron chi connectivity index (χ1n) is 14.6. The number of amides is 1. The molecule has 0 fully saturated rings. The quantitative estimate of drug-likeness (QED) is 0.175. The molecule has 7 N–H and O–H groups in total. The molecule has 2 aromatic rings. The van der Waals surface area contributed by atoms with E-state index in [4.69, 9.17) is 10.3 Å². The number of allylic oxidation sites excluding steroid dienone is 1. The predicted molar refractivity (Wildman–Crippen MR) is 165 cm³/mol. The van der Waals surface area contributed by atoms with E-state index < -0.39 is 81.6 Å². The summed E-state index contributed by atoms with van der Waals surface area (Å²) in [5.74, 6) is -7.97. The maximum atomic E-state index is 14.3. The van der Waals surface area contributed by atoms with Crippen molar-refractivity contribution in [2.24, 2.45) is 23.5 Å². The highest BCUT2D eigenvalue weighted by atomic mass is 32.2. The second kappa shape index (κ2) is 12.4. The van der Waals surface area contributed by atoms with Gasteiger partial charge >= 0.3 is 0 Å². The molecular formula is C30H41N5O10S. The monoisotopic (exact) mass is 663 g/mol. The minimum absolute atomic E-state index is 0.0417. The predicted octanol–water partition coefficient (Wildman–Crippen LogP) is 0.0726. The summed E-state index contributed by atoms with van der Waals surface area (Å²) in [6, 6.07) is 0.681. The standard InChI is InChI=1S/C30H41N5O10S/c1-13(29(31)41)27(39)30(42)19(21(12-36)35(6)7)9-16-8-18-20(34(4)5)10-17(24(37)23(18)25(38)22(16)28(30)40)11-32-46(43,44)26-14(2)33-45-15(26)3/h10,13,16,19,21,32,36-37,40,42H,8-9,11-12H2,1-7H3,(H2,31,41)/t13?,16-,19-,21+,30+/m0/s1. The third-order valence-electron chi connectivity index (χ3n) is 9.17. The lowest BCUT2D eigenvalue weighted by Crippen LogP contribution is -2.62. The Hall–Kier alpha value is -3.83. The van der Waals surface area contributed by atoms with Gasteiger partial charge in [-0.15, -0.1) is 0 Å². The van der Waals surface area contributed by atoms with Crippen LogP contribution >= 0.6 is 0 Å². The summed E-state index contributed by atoms with van der Waals surface area (Å²) >= 11 is 0. The summed E-state index contributed by atoms with van der Waals surface area (Å²) in [6.45, 7) is 3.13.